The molecule has 0 bridgehead atoms. The first kappa shape index (κ1) is 14.2. The molecule has 1 aliphatic heterocycles. The van der Waals surface area contributed by atoms with Crippen molar-refractivity contribution in [3.05, 3.63) is 59.1 Å². The highest BCUT2D eigenvalue weighted by atomic mass is 79.9. The molecule has 21 heavy (non-hydrogen) atoms. The van der Waals surface area contributed by atoms with Crippen LogP contribution in [0.2, 0.25) is 0 Å². The van der Waals surface area contributed by atoms with Crippen molar-refractivity contribution >= 4 is 50.2 Å². The number of hydrogen-bond acceptors (Lipinski definition) is 4. The molecule has 2 aromatic rings. The van der Waals surface area contributed by atoms with Gasteiger partial charge in [-0.15, -0.1) is 0 Å². The lowest BCUT2D eigenvalue weighted by Gasteiger charge is -2.14. The number of hydrogen-bond donors (Lipinski definition) is 1. The van der Waals surface area contributed by atoms with Gasteiger partial charge in [0.2, 0.25) is 0 Å². The van der Waals surface area contributed by atoms with Crippen LogP contribution in [0.25, 0.3) is 0 Å². The van der Waals surface area contributed by atoms with Crippen LogP contribution in [-0.4, -0.2) is 16.5 Å². The van der Waals surface area contributed by atoms with Gasteiger partial charge in [-0.25, -0.2) is 4.90 Å². The van der Waals surface area contributed by atoms with E-state index in [1.165, 1.54) is 4.90 Å². The fraction of sp³-hybridized carbons (Fsp3) is 0.0667. The highest BCUT2D eigenvalue weighted by molar-refractivity contribution is 9.10. The van der Waals surface area contributed by atoms with Crippen LogP contribution in [0, 0.1) is 0 Å². The molecule has 1 aliphatic rings. The first-order valence-electron chi connectivity index (χ1n) is 6.27. The molecule has 1 N–H and O–H groups in total. The van der Waals surface area contributed by atoms with Crippen LogP contribution in [0.4, 0.5) is 16.2 Å². The topological polar surface area (TPSA) is 49.4 Å². The Balaban J connectivity index is 1.79. The summed E-state index contributed by atoms with van der Waals surface area (Å²) in [5.41, 5.74) is 1.40. The summed E-state index contributed by atoms with van der Waals surface area (Å²) in [6, 6.07) is 16.4. The zero-order valence-corrected chi connectivity index (χ0v) is 13.2. The summed E-state index contributed by atoms with van der Waals surface area (Å²) in [6.45, 7) is 0. The normalized spacial score (nSPS) is 18.1. The van der Waals surface area contributed by atoms with Crippen molar-refractivity contribution in [1.29, 1.82) is 0 Å². The third kappa shape index (κ3) is 2.96. The van der Waals surface area contributed by atoms with Gasteiger partial charge in [-0.1, -0.05) is 34.1 Å². The minimum Gasteiger partial charge on any atom is -0.365 e. The van der Waals surface area contributed by atoms with Crippen molar-refractivity contribution in [3.63, 3.8) is 0 Å². The molecule has 2 amide bonds. The molecule has 1 heterocycles. The predicted octanol–water partition coefficient (Wildman–Crippen LogP) is 4.09. The van der Waals surface area contributed by atoms with Gasteiger partial charge in [0, 0.05) is 10.2 Å². The van der Waals surface area contributed by atoms with Gasteiger partial charge in [0.05, 0.1) is 5.69 Å². The zero-order valence-electron chi connectivity index (χ0n) is 10.8. The van der Waals surface area contributed by atoms with Crippen LogP contribution in [0.15, 0.2) is 59.1 Å². The maximum Gasteiger partial charge on any atom is 0.295 e. The molecule has 0 spiro atoms. The summed E-state index contributed by atoms with van der Waals surface area (Å²) in [7, 11) is 0. The van der Waals surface area contributed by atoms with E-state index < -0.39 is 5.37 Å². The molecule has 1 fully saturated rings. The predicted molar refractivity (Wildman–Crippen MR) is 88.5 cm³/mol. The highest BCUT2D eigenvalue weighted by Gasteiger charge is 2.40. The molecule has 0 aromatic heterocycles. The molecular weight excluding hydrogens is 352 g/mol. The Morgan fingerprint density at radius 1 is 1.00 bits per heavy atom. The van der Waals surface area contributed by atoms with E-state index >= 15 is 0 Å². The number of amides is 2. The van der Waals surface area contributed by atoms with Gasteiger partial charge in [-0.2, -0.15) is 0 Å². The number of para-hydroxylation sites is 1. The number of carbonyl (C=O) groups is 2. The zero-order chi connectivity index (χ0) is 14.8. The van der Waals surface area contributed by atoms with E-state index in [1.54, 1.807) is 24.3 Å². The van der Waals surface area contributed by atoms with Crippen molar-refractivity contribution in [3.8, 4) is 0 Å². The number of benzene rings is 2. The lowest BCUT2D eigenvalue weighted by molar-refractivity contribution is -0.116. The first-order chi connectivity index (χ1) is 10.1. The van der Waals surface area contributed by atoms with Gasteiger partial charge in [0.15, 0.2) is 5.37 Å². The fourth-order valence-electron chi connectivity index (χ4n) is 2.01. The average Bonchev–Trinajstić information content (AvgIpc) is 2.77. The Morgan fingerprint density at radius 3 is 2.33 bits per heavy atom. The van der Waals surface area contributed by atoms with Gasteiger partial charge in [-0.3, -0.25) is 9.59 Å². The number of anilines is 2. The molecule has 1 atom stereocenters. The number of nitrogens with zero attached hydrogens (tertiary/aromatic N) is 1. The Hall–Kier alpha value is -1.79. The van der Waals surface area contributed by atoms with Crippen molar-refractivity contribution < 1.29 is 9.59 Å². The van der Waals surface area contributed by atoms with Crippen LogP contribution >= 0.6 is 27.7 Å². The van der Waals surface area contributed by atoms with E-state index in [2.05, 4.69) is 21.2 Å². The minimum absolute atomic E-state index is 0.251. The summed E-state index contributed by atoms with van der Waals surface area (Å²) >= 11 is 4.35. The second-order valence-corrected chi connectivity index (χ2v) is 6.40. The maximum atomic E-state index is 12.4. The van der Waals surface area contributed by atoms with E-state index in [0.717, 1.165) is 21.9 Å². The van der Waals surface area contributed by atoms with Gasteiger partial charge >= 0.3 is 0 Å². The van der Waals surface area contributed by atoms with Crippen molar-refractivity contribution in [2.24, 2.45) is 0 Å². The molecule has 0 aliphatic carbocycles. The van der Waals surface area contributed by atoms with E-state index in [-0.39, 0.29) is 11.1 Å². The lowest BCUT2D eigenvalue weighted by atomic mass is 10.3. The smallest absolute Gasteiger partial charge is 0.295 e. The molecule has 4 nitrogen and oxygen atoms in total. The monoisotopic (exact) mass is 362 g/mol. The lowest BCUT2D eigenvalue weighted by Crippen LogP contribution is -2.34. The Labute approximate surface area is 134 Å². The van der Waals surface area contributed by atoms with Gasteiger partial charge in [-0.05, 0) is 48.2 Å². The van der Waals surface area contributed by atoms with Crippen LogP contribution < -0.4 is 10.2 Å². The second-order valence-electron chi connectivity index (χ2n) is 4.42. The first-order valence-corrected chi connectivity index (χ1v) is 7.94. The molecule has 2 aromatic carbocycles. The van der Waals surface area contributed by atoms with Crippen LogP contribution in [0.1, 0.15) is 0 Å². The van der Waals surface area contributed by atoms with E-state index in [4.69, 9.17) is 0 Å². The molecule has 1 saturated heterocycles. The summed E-state index contributed by atoms with van der Waals surface area (Å²) in [4.78, 5) is 25.7. The Bertz CT molecular complexity index is 676. The molecule has 6 heteroatoms. The van der Waals surface area contributed by atoms with Crippen LogP contribution in [0.3, 0.4) is 0 Å². The number of carbonyl (C=O) groups excluding carboxylic acids is 2. The van der Waals surface area contributed by atoms with Crippen molar-refractivity contribution in [2.75, 3.05) is 10.2 Å². The molecule has 0 unspecified atom stereocenters. The SMILES string of the molecule is O=C1S[C@H](Nc2ccc(Br)cc2)C(=O)N1c1ccccc1. The molecule has 0 saturated carbocycles. The molecular formula is C15H11BrN2O2S. The Morgan fingerprint density at radius 2 is 1.67 bits per heavy atom. The standard InChI is InChI=1S/C15H11BrN2O2S/c16-10-6-8-11(9-7-10)17-13-14(19)18(15(20)21-13)12-4-2-1-3-5-12/h1-9,13,17H/t13-/m0/s1. The second kappa shape index (κ2) is 5.91. The number of rotatable bonds is 3. The fourth-order valence-corrected chi connectivity index (χ4v) is 3.18. The van der Waals surface area contributed by atoms with Gasteiger partial charge in [0.25, 0.3) is 11.1 Å². The van der Waals surface area contributed by atoms with Crippen molar-refractivity contribution in [1.82, 2.24) is 0 Å². The Kier molecular flexibility index (Phi) is 3.98. The molecule has 106 valence electrons. The number of nitrogens with one attached hydrogen (secondary N) is 1. The average molecular weight is 363 g/mol. The number of thioether (sulfide) groups is 1. The van der Waals surface area contributed by atoms with Crippen LogP contribution in [0.5, 0.6) is 0 Å². The van der Waals surface area contributed by atoms with E-state index in [0.29, 0.717) is 5.69 Å². The van der Waals surface area contributed by atoms with E-state index in [9.17, 15) is 9.59 Å². The maximum absolute atomic E-state index is 12.4. The largest absolute Gasteiger partial charge is 0.365 e. The van der Waals surface area contributed by atoms with Crippen LogP contribution in [-0.2, 0) is 4.79 Å². The highest BCUT2D eigenvalue weighted by Crippen LogP contribution is 2.32. The third-order valence-corrected chi connectivity index (χ3v) is 4.47. The molecule has 3 rings (SSSR count). The minimum atomic E-state index is -0.598. The van der Waals surface area contributed by atoms with E-state index in [1.807, 2.05) is 30.3 Å². The van der Waals surface area contributed by atoms with Crippen molar-refractivity contribution in [2.45, 2.75) is 5.37 Å². The summed E-state index contributed by atoms with van der Waals surface area (Å²) in [5, 5.41) is 2.22. The third-order valence-electron chi connectivity index (χ3n) is 3.00. The quantitative estimate of drug-likeness (QED) is 0.893. The summed E-state index contributed by atoms with van der Waals surface area (Å²) < 4.78 is 0.959. The van der Waals surface area contributed by atoms with Gasteiger partial charge in [0.1, 0.15) is 0 Å². The summed E-state index contributed by atoms with van der Waals surface area (Å²) in [6.07, 6.45) is 0. The molecule has 0 radical (unpaired) electrons. The number of imide groups is 1. The number of halogens is 1. The van der Waals surface area contributed by atoms with Gasteiger partial charge < -0.3 is 5.32 Å². The summed E-state index contributed by atoms with van der Waals surface area (Å²) in [5.74, 6) is -0.251.